The van der Waals surface area contributed by atoms with Gasteiger partial charge in [-0.05, 0) is 32.4 Å². The molecule has 3 nitrogen and oxygen atoms in total. The highest BCUT2D eigenvalue weighted by molar-refractivity contribution is 5.10. The van der Waals surface area contributed by atoms with Crippen molar-refractivity contribution in [3.63, 3.8) is 0 Å². The van der Waals surface area contributed by atoms with Gasteiger partial charge in [0.2, 0.25) is 0 Å². The van der Waals surface area contributed by atoms with Crippen molar-refractivity contribution in [2.24, 2.45) is 0 Å². The molecule has 1 atom stereocenters. The Morgan fingerprint density at radius 2 is 2.05 bits per heavy atom. The number of pyridine rings is 1. The highest BCUT2D eigenvalue weighted by atomic mass is 19.4. The Balaban J connectivity index is 2.80. The van der Waals surface area contributed by atoms with E-state index in [2.05, 4.69) is 5.32 Å². The van der Waals surface area contributed by atoms with E-state index in [9.17, 15) is 18.0 Å². The molecule has 6 heteroatoms. The van der Waals surface area contributed by atoms with E-state index in [0.717, 1.165) is 35.7 Å². The second kappa shape index (κ2) is 6.75. The number of hydrogen-bond acceptors (Lipinski definition) is 2. The molecule has 0 aromatic carbocycles. The highest BCUT2D eigenvalue weighted by Gasteiger charge is 2.34. The standard InChI is InChI=1S/C13H19F3N2O/c1-3-8-17-10(2)7-9-18-11(13(14,15)16)5-4-6-12(18)19/h4-6,10,17H,3,7-9H2,1-2H3. The van der Waals surface area contributed by atoms with Gasteiger partial charge < -0.3 is 9.88 Å². The van der Waals surface area contributed by atoms with E-state index in [1.54, 1.807) is 0 Å². The molecule has 0 saturated heterocycles. The van der Waals surface area contributed by atoms with E-state index in [-0.39, 0.29) is 12.6 Å². The summed E-state index contributed by atoms with van der Waals surface area (Å²) < 4.78 is 39.1. The first-order valence-corrected chi connectivity index (χ1v) is 6.36. The minimum atomic E-state index is -4.50. The third kappa shape index (κ3) is 4.70. The second-order valence-electron chi connectivity index (χ2n) is 4.54. The molecule has 0 saturated carbocycles. The lowest BCUT2D eigenvalue weighted by Crippen LogP contribution is -2.32. The average molecular weight is 276 g/mol. The topological polar surface area (TPSA) is 34.0 Å². The zero-order valence-electron chi connectivity index (χ0n) is 11.1. The molecule has 1 aromatic rings. The third-order valence-electron chi connectivity index (χ3n) is 2.87. The lowest BCUT2D eigenvalue weighted by Gasteiger charge is -2.17. The van der Waals surface area contributed by atoms with Crippen LogP contribution in [0.25, 0.3) is 0 Å². The molecule has 0 bridgehead atoms. The van der Waals surface area contributed by atoms with Crippen molar-refractivity contribution >= 4 is 0 Å². The maximum absolute atomic E-state index is 12.8. The van der Waals surface area contributed by atoms with Gasteiger partial charge in [-0.1, -0.05) is 13.0 Å². The first kappa shape index (κ1) is 15.8. The van der Waals surface area contributed by atoms with E-state index < -0.39 is 17.4 Å². The minimum absolute atomic E-state index is 0.0619. The Hall–Kier alpha value is -1.30. The second-order valence-corrected chi connectivity index (χ2v) is 4.54. The molecule has 0 amide bonds. The number of alkyl halides is 3. The van der Waals surface area contributed by atoms with Gasteiger partial charge in [0.15, 0.2) is 0 Å². The summed E-state index contributed by atoms with van der Waals surface area (Å²) >= 11 is 0. The molecule has 0 aliphatic rings. The summed E-state index contributed by atoms with van der Waals surface area (Å²) in [5, 5.41) is 3.18. The molecule has 0 radical (unpaired) electrons. The summed E-state index contributed by atoms with van der Waals surface area (Å²) in [5.74, 6) is 0. The Bertz CT molecular complexity index is 454. The zero-order valence-corrected chi connectivity index (χ0v) is 11.1. The molecule has 19 heavy (non-hydrogen) atoms. The van der Waals surface area contributed by atoms with Crippen molar-refractivity contribution in [1.82, 2.24) is 9.88 Å². The Morgan fingerprint density at radius 3 is 2.63 bits per heavy atom. The van der Waals surface area contributed by atoms with Crippen LogP contribution in [0.5, 0.6) is 0 Å². The Morgan fingerprint density at radius 1 is 1.37 bits per heavy atom. The van der Waals surface area contributed by atoms with Crippen molar-refractivity contribution in [1.29, 1.82) is 0 Å². The summed E-state index contributed by atoms with van der Waals surface area (Å²) in [4.78, 5) is 11.6. The van der Waals surface area contributed by atoms with E-state index in [1.807, 2.05) is 13.8 Å². The summed E-state index contributed by atoms with van der Waals surface area (Å²) in [7, 11) is 0. The van der Waals surface area contributed by atoms with Crippen molar-refractivity contribution in [2.45, 2.75) is 45.5 Å². The van der Waals surface area contributed by atoms with Crippen LogP contribution in [-0.2, 0) is 12.7 Å². The van der Waals surface area contributed by atoms with Crippen molar-refractivity contribution in [3.05, 3.63) is 34.2 Å². The molecule has 1 rings (SSSR count). The van der Waals surface area contributed by atoms with Gasteiger partial charge in [0.05, 0.1) is 0 Å². The van der Waals surface area contributed by atoms with Crippen LogP contribution in [0.4, 0.5) is 13.2 Å². The maximum atomic E-state index is 12.8. The molecule has 1 N–H and O–H groups in total. The maximum Gasteiger partial charge on any atom is 0.431 e. The van der Waals surface area contributed by atoms with Gasteiger partial charge in [-0.25, -0.2) is 0 Å². The Kier molecular flexibility index (Phi) is 5.60. The highest BCUT2D eigenvalue weighted by Crippen LogP contribution is 2.28. The van der Waals surface area contributed by atoms with Crippen molar-refractivity contribution in [2.75, 3.05) is 6.54 Å². The number of rotatable bonds is 6. The van der Waals surface area contributed by atoms with E-state index in [1.165, 1.54) is 0 Å². The lowest BCUT2D eigenvalue weighted by molar-refractivity contribution is -0.144. The van der Waals surface area contributed by atoms with E-state index in [4.69, 9.17) is 0 Å². The molecule has 108 valence electrons. The predicted octanol–water partition coefficient (Wildman–Crippen LogP) is 2.65. The lowest BCUT2D eigenvalue weighted by atomic mass is 10.2. The first-order chi connectivity index (χ1) is 8.86. The summed E-state index contributed by atoms with van der Waals surface area (Å²) in [5.41, 5.74) is -1.50. The smallest absolute Gasteiger partial charge is 0.314 e. The molecular weight excluding hydrogens is 257 g/mol. The minimum Gasteiger partial charge on any atom is -0.314 e. The number of aromatic nitrogens is 1. The fourth-order valence-corrected chi connectivity index (χ4v) is 1.81. The van der Waals surface area contributed by atoms with Crippen LogP contribution >= 0.6 is 0 Å². The van der Waals surface area contributed by atoms with Crippen LogP contribution in [-0.4, -0.2) is 17.2 Å². The van der Waals surface area contributed by atoms with Gasteiger partial charge in [0.1, 0.15) is 5.69 Å². The fourth-order valence-electron chi connectivity index (χ4n) is 1.81. The SMILES string of the molecule is CCCNC(C)CCn1c(C(F)(F)F)cccc1=O. The van der Waals surface area contributed by atoms with Crippen LogP contribution in [0.1, 0.15) is 32.4 Å². The molecule has 0 spiro atoms. The monoisotopic (exact) mass is 276 g/mol. The van der Waals surface area contributed by atoms with Crippen LogP contribution < -0.4 is 10.9 Å². The normalized spacial score (nSPS) is 13.5. The first-order valence-electron chi connectivity index (χ1n) is 6.36. The van der Waals surface area contributed by atoms with Gasteiger partial charge in [-0.2, -0.15) is 13.2 Å². The fraction of sp³-hybridized carbons (Fsp3) is 0.615. The molecule has 0 aliphatic carbocycles. The van der Waals surface area contributed by atoms with Crippen molar-refractivity contribution < 1.29 is 13.2 Å². The molecule has 1 heterocycles. The number of nitrogens with one attached hydrogen (secondary N) is 1. The van der Waals surface area contributed by atoms with Crippen LogP contribution in [0.3, 0.4) is 0 Å². The molecule has 0 fully saturated rings. The largest absolute Gasteiger partial charge is 0.431 e. The molecule has 0 aliphatic heterocycles. The summed E-state index contributed by atoms with van der Waals surface area (Å²) in [6.07, 6.45) is -3.06. The molecule has 1 aromatic heterocycles. The van der Waals surface area contributed by atoms with E-state index in [0.29, 0.717) is 6.42 Å². The van der Waals surface area contributed by atoms with E-state index >= 15 is 0 Å². The van der Waals surface area contributed by atoms with Crippen LogP contribution in [0.15, 0.2) is 23.0 Å². The quantitative estimate of drug-likeness (QED) is 0.866. The zero-order chi connectivity index (χ0) is 14.5. The summed E-state index contributed by atoms with van der Waals surface area (Å²) in [6.45, 7) is 4.80. The average Bonchev–Trinajstić information content (AvgIpc) is 2.33. The van der Waals surface area contributed by atoms with Crippen molar-refractivity contribution in [3.8, 4) is 0 Å². The van der Waals surface area contributed by atoms with Gasteiger partial charge in [0.25, 0.3) is 5.56 Å². The molecule has 1 unspecified atom stereocenters. The van der Waals surface area contributed by atoms with Crippen LogP contribution in [0.2, 0.25) is 0 Å². The number of nitrogens with zero attached hydrogens (tertiary/aromatic N) is 1. The van der Waals surface area contributed by atoms with Gasteiger partial charge in [-0.3, -0.25) is 4.79 Å². The van der Waals surface area contributed by atoms with Gasteiger partial charge >= 0.3 is 6.18 Å². The number of hydrogen-bond donors (Lipinski definition) is 1. The Labute approximate surface area is 110 Å². The number of halogens is 3. The molecular formula is C13H19F3N2O. The van der Waals surface area contributed by atoms with Gasteiger partial charge in [-0.15, -0.1) is 0 Å². The van der Waals surface area contributed by atoms with Gasteiger partial charge in [0, 0.05) is 18.7 Å². The summed E-state index contributed by atoms with van der Waals surface area (Å²) in [6, 6.07) is 3.30. The predicted molar refractivity (Wildman–Crippen MR) is 68.1 cm³/mol. The van der Waals surface area contributed by atoms with Crippen LogP contribution in [0, 0.1) is 0 Å². The third-order valence-corrected chi connectivity index (χ3v) is 2.87.